The minimum absolute atomic E-state index is 0.0308. The van der Waals surface area contributed by atoms with Gasteiger partial charge in [0.05, 0.1) is 0 Å². The number of pyridine rings is 1. The van der Waals surface area contributed by atoms with Gasteiger partial charge in [-0.05, 0) is 52.2 Å². The summed E-state index contributed by atoms with van der Waals surface area (Å²) in [6.07, 6.45) is 5.34. The van der Waals surface area contributed by atoms with Crippen molar-refractivity contribution in [3.8, 4) is 0 Å². The number of carbonyl (C=O) groups excluding carboxylic acids is 1. The van der Waals surface area contributed by atoms with Gasteiger partial charge >= 0.3 is 6.03 Å². The highest BCUT2D eigenvalue weighted by molar-refractivity contribution is 5.74. The van der Waals surface area contributed by atoms with E-state index in [0.717, 1.165) is 18.4 Å². The van der Waals surface area contributed by atoms with E-state index in [9.17, 15) is 4.79 Å². The fourth-order valence-electron chi connectivity index (χ4n) is 3.35. The van der Waals surface area contributed by atoms with Crippen LogP contribution in [0.3, 0.4) is 0 Å². The van der Waals surface area contributed by atoms with Crippen molar-refractivity contribution in [3.05, 3.63) is 30.1 Å². The molecule has 2 heterocycles. The number of hydrogen-bond donors (Lipinski definition) is 3. The van der Waals surface area contributed by atoms with Gasteiger partial charge in [-0.3, -0.25) is 4.98 Å². The summed E-state index contributed by atoms with van der Waals surface area (Å²) in [6, 6.07) is 3.89. The van der Waals surface area contributed by atoms with Crippen molar-refractivity contribution < 1.29 is 4.79 Å². The molecule has 5 heteroatoms. The van der Waals surface area contributed by atoms with Crippen LogP contribution in [0.25, 0.3) is 0 Å². The summed E-state index contributed by atoms with van der Waals surface area (Å²) in [5, 5.41) is 9.59. The molecule has 1 fully saturated rings. The van der Waals surface area contributed by atoms with E-state index in [1.165, 1.54) is 0 Å². The first-order valence-corrected chi connectivity index (χ1v) is 7.48. The van der Waals surface area contributed by atoms with Crippen molar-refractivity contribution >= 4 is 6.03 Å². The molecular formula is C16H26N4O. The number of piperidine rings is 1. The Labute approximate surface area is 126 Å². The van der Waals surface area contributed by atoms with Crippen LogP contribution in [-0.2, 0) is 6.54 Å². The number of rotatable bonds is 3. The van der Waals surface area contributed by atoms with E-state index in [1.54, 1.807) is 12.4 Å². The number of carbonyl (C=O) groups is 1. The zero-order valence-electron chi connectivity index (χ0n) is 13.4. The summed E-state index contributed by atoms with van der Waals surface area (Å²) in [4.78, 5) is 16.1. The molecule has 2 amide bonds. The van der Waals surface area contributed by atoms with Crippen molar-refractivity contribution in [2.45, 2.75) is 64.2 Å². The predicted octanol–water partition coefficient (Wildman–Crippen LogP) is 2.19. The number of urea groups is 1. The average Bonchev–Trinajstić information content (AvgIpc) is 2.33. The van der Waals surface area contributed by atoms with Crippen LogP contribution in [0.1, 0.15) is 46.1 Å². The number of nitrogens with zero attached hydrogens (tertiary/aromatic N) is 1. The maximum Gasteiger partial charge on any atom is 0.315 e. The molecule has 1 aromatic rings. The largest absolute Gasteiger partial charge is 0.335 e. The fraction of sp³-hybridized carbons (Fsp3) is 0.625. The number of nitrogens with one attached hydrogen (secondary N) is 3. The minimum atomic E-state index is -0.114. The van der Waals surface area contributed by atoms with Gasteiger partial charge in [0.2, 0.25) is 0 Å². The van der Waals surface area contributed by atoms with Crippen molar-refractivity contribution in [2.24, 2.45) is 0 Å². The van der Waals surface area contributed by atoms with E-state index in [4.69, 9.17) is 0 Å². The molecule has 0 aliphatic carbocycles. The van der Waals surface area contributed by atoms with Crippen LogP contribution >= 0.6 is 0 Å². The van der Waals surface area contributed by atoms with E-state index < -0.39 is 0 Å². The van der Waals surface area contributed by atoms with Gasteiger partial charge in [0.15, 0.2) is 0 Å². The molecule has 1 saturated heterocycles. The Kier molecular flexibility index (Phi) is 4.52. The monoisotopic (exact) mass is 290 g/mol. The Hall–Kier alpha value is -1.62. The second-order valence-electron chi connectivity index (χ2n) is 7.19. The summed E-state index contributed by atoms with van der Waals surface area (Å²) in [5.74, 6) is 0. The molecule has 1 aliphatic heterocycles. The summed E-state index contributed by atoms with van der Waals surface area (Å²) >= 11 is 0. The third-order valence-electron chi connectivity index (χ3n) is 3.70. The molecule has 0 unspecified atom stereocenters. The molecule has 0 bridgehead atoms. The SMILES string of the molecule is CC1(C)CC(NC(=O)NCc2cccnc2)CC(C)(C)N1. The lowest BCUT2D eigenvalue weighted by molar-refractivity contribution is 0.147. The van der Waals surface area contributed by atoms with Crippen LogP contribution in [0.4, 0.5) is 4.79 Å². The molecule has 1 aromatic heterocycles. The van der Waals surface area contributed by atoms with Gasteiger partial charge in [0, 0.05) is 36.1 Å². The molecule has 0 saturated carbocycles. The van der Waals surface area contributed by atoms with E-state index in [1.807, 2.05) is 12.1 Å². The van der Waals surface area contributed by atoms with Crippen molar-refractivity contribution in [1.29, 1.82) is 0 Å². The molecule has 1 aliphatic rings. The molecule has 116 valence electrons. The Morgan fingerprint density at radius 1 is 1.33 bits per heavy atom. The first-order valence-electron chi connectivity index (χ1n) is 7.48. The van der Waals surface area contributed by atoms with Crippen LogP contribution in [0, 0.1) is 0 Å². The number of aromatic nitrogens is 1. The van der Waals surface area contributed by atoms with Crippen LogP contribution < -0.4 is 16.0 Å². The highest BCUT2D eigenvalue weighted by Crippen LogP contribution is 2.28. The summed E-state index contributed by atoms with van der Waals surface area (Å²) < 4.78 is 0. The van der Waals surface area contributed by atoms with Crippen LogP contribution in [0.2, 0.25) is 0 Å². The number of hydrogen-bond acceptors (Lipinski definition) is 3. The third-order valence-corrected chi connectivity index (χ3v) is 3.70. The third kappa shape index (κ3) is 5.01. The Bertz CT molecular complexity index is 468. The van der Waals surface area contributed by atoms with Gasteiger partial charge in [-0.15, -0.1) is 0 Å². The van der Waals surface area contributed by atoms with E-state index in [-0.39, 0.29) is 23.2 Å². The van der Waals surface area contributed by atoms with E-state index in [0.29, 0.717) is 6.54 Å². The first kappa shape index (κ1) is 15.8. The van der Waals surface area contributed by atoms with Gasteiger partial charge in [0.25, 0.3) is 0 Å². The Morgan fingerprint density at radius 3 is 2.57 bits per heavy atom. The smallest absolute Gasteiger partial charge is 0.315 e. The van der Waals surface area contributed by atoms with Gasteiger partial charge in [0.1, 0.15) is 0 Å². The molecule has 21 heavy (non-hydrogen) atoms. The van der Waals surface area contributed by atoms with E-state index in [2.05, 4.69) is 48.6 Å². The zero-order chi connectivity index (χ0) is 15.5. The maximum atomic E-state index is 12.0. The Morgan fingerprint density at radius 2 is 2.00 bits per heavy atom. The molecule has 5 nitrogen and oxygen atoms in total. The standard InChI is InChI=1S/C16H26N4O/c1-15(2)8-13(9-16(3,4)20-15)19-14(21)18-11-12-6-5-7-17-10-12/h5-7,10,13,20H,8-9,11H2,1-4H3,(H2,18,19,21). The highest BCUT2D eigenvalue weighted by atomic mass is 16.2. The zero-order valence-corrected chi connectivity index (χ0v) is 13.4. The van der Waals surface area contributed by atoms with Crippen LogP contribution in [0.5, 0.6) is 0 Å². The molecule has 0 radical (unpaired) electrons. The molecule has 0 aromatic carbocycles. The fourth-order valence-corrected chi connectivity index (χ4v) is 3.35. The first-order chi connectivity index (χ1) is 9.76. The molecule has 0 atom stereocenters. The molecular weight excluding hydrogens is 264 g/mol. The van der Waals surface area contributed by atoms with Gasteiger partial charge in [-0.2, -0.15) is 0 Å². The van der Waals surface area contributed by atoms with Crippen molar-refractivity contribution in [1.82, 2.24) is 20.9 Å². The lowest BCUT2D eigenvalue weighted by Gasteiger charge is -2.46. The molecule has 0 spiro atoms. The van der Waals surface area contributed by atoms with Gasteiger partial charge in [-0.1, -0.05) is 6.07 Å². The maximum absolute atomic E-state index is 12.0. The quantitative estimate of drug-likeness (QED) is 0.799. The lowest BCUT2D eigenvalue weighted by Crippen LogP contribution is -2.62. The second kappa shape index (κ2) is 6.02. The van der Waals surface area contributed by atoms with Crippen molar-refractivity contribution in [2.75, 3.05) is 0 Å². The van der Waals surface area contributed by atoms with Gasteiger partial charge in [-0.25, -0.2) is 4.79 Å². The topological polar surface area (TPSA) is 66.0 Å². The Balaban J connectivity index is 1.85. The predicted molar refractivity (Wildman–Crippen MR) is 83.9 cm³/mol. The second-order valence-corrected chi connectivity index (χ2v) is 7.19. The van der Waals surface area contributed by atoms with E-state index >= 15 is 0 Å². The summed E-state index contributed by atoms with van der Waals surface area (Å²) in [6.45, 7) is 9.20. The average molecular weight is 290 g/mol. The molecule has 2 rings (SSSR count). The lowest BCUT2D eigenvalue weighted by atomic mass is 9.80. The highest BCUT2D eigenvalue weighted by Gasteiger charge is 2.38. The van der Waals surface area contributed by atoms with Crippen LogP contribution in [0.15, 0.2) is 24.5 Å². The normalized spacial score (nSPS) is 20.8. The summed E-state index contributed by atoms with van der Waals surface area (Å²) in [7, 11) is 0. The van der Waals surface area contributed by atoms with Crippen LogP contribution in [-0.4, -0.2) is 28.1 Å². The van der Waals surface area contributed by atoms with Crippen molar-refractivity contribution in [3.63, 3.8) is 0 Å². The minimum Gasteiger partial charge on any atom is -0.335 e. The van der Waals surface area contributed by atoms with Gasteiger partial charge < -0.3 is 16.0 Å². The summed E-state index contributed by atoms with van der Waals surface area (Å²) in [5.41, 5.74) is 1.06. The number of amides is 2. The molecule has 3 N–H and O–H groups in total.